The molecule has 0 radical (unpaired) electrons. The number of nitrogens with two attached hydrogens (primary N) is 1. The fraction of sp³-hybridized carbons (Fsp3) is 0.362. The molecule has 0 atom stereocenters. The van der Waals surface area contributed by atoms with Gasteiger partial charge >= 0.3 is 0 Å². The van der Waals surface area contributed by atoms with Crippen LogP contribution in [0.5, 0.6) is 0 Å². The van der Waals surface area contributed by atoms with E-state index in [1.165, 1.54) is 30.5 Å². The Kier molecular flexibility index (Phi) is 20.2. The average molecular weight is 1340 g/mol. The summed E-state index contributed by atoms with van der Waals surface area (Å²) in [6.45, 7) is 10.4. The quantitative estimate of drug-likeness (QED) is 0.0118. The summed E-state index contributed by atoms with van der Waals surface area (Å²) in [7, 11) is -23.2. The monoisotopic (exact) mass is 1340 g/mol. The molecule has 25 nitrogen and oxygen atoms in total. The van der Waals surface area contributed by atoms with Gasteiger partial charge in [-0.25, -0.2) is 13.6 Å². The summed E-state index contributed by atoms with van der Waals surface area (Å²) in [4.78, 5) is 43.0. The summed E-state index contributed by atoms with van der Waals surface area (Å²) in [6, 6.07) is 16.1. The molecule has 6 aromatic rings. The Morgan fingerprint density at radius 3 is 2.07 bits per heavy atom. The Hall–Kier alpha value is -7.04. The number of aromatic nitrogens is 3. The van der Waals surface area contributed by atoms with E-state index in [0.717, 1.165) is 41.3 Å². The molecule has 2 aromatic heterocycles. The zero-order valence-corrected chi connectivity index (χ0v) is 53.9. The highest BCUT2D eigenvalue weighted by Gasteiger charge is 2.46. The van der Waals surface area contributed by atoms with Gasteiger partial charge in [-0.3, -0.25) is 37.6 Å². The first kappa shape index (κ1) is 67.9. The van der Waals surface area contributed by atoms with Crippen molar-refractivity contribution in [1.82, 2.24) is 25.8 Å². The Balaban J connectivity index is 1.10. The minimum atomic E-state index is -5.10. The van der Waals surface area contributed by atoms with Crippen LogP contribution in [0.3, 0.4) is 0 Å². The molecular weight excluding hydrogens is 1270 g/mol. The molecule has 0 unspecified atom stereocenters. The Labute approximate surface area is 520 Å². The van der Waals surface area contributed by atoms with Crippen LogP contribution in [0.25, 0.3) is 27.1 Å². The molecule has 2 aliphatic rings. The number of nitrogens with zero attached hydrogens (tertiary/aromatic N) is 5. The van der Waals surface area contributed by atoms with E-state index < -0.39 is 87.1 Å². The van der Waals surface area contributed by atoms with Crippen molar-refractivity contribution >= 4 is 124 Å². The second-order valence-electron chi connectivity index (χ2n) is 22.5. The number of anilines is 1. The molecule has 0 fully saturated rings. The van der Waals surface area contributed by atoms with Gasteiger partial charge in [-0.15, -0.1) is 10.2 Å². The fourth-order valence-electron chi connectivity index (χ4n) is 11.2. The van der Waals surface area contributed by atoms with Crippen LogP contribution in [0.2, 0.25) is 0 Å². The maximum absolute atomic E-state index is 13.6. The van der Waals surface area contributed by atoms with Crippen molar-refractivity contribution < 1.29 is 79.3 Å². The van der Waals surface area contributed by atoms with Crippen LogP contribution in [0.4, 0.5) is 11.4 Å². The first-order valence-electron chi connectivity index (χ1n) is 28.0. The highest BCUT2D eigenvalue weighted by atomic mass is 32.3. The minimum Gasteiger partial charge on any atom is -0.356 e. The molecule has 4 heterocycles. The predicted octanol–water partition coefficient (Wildman–Crippen LogP) is 7.01. The Morgan fingerprint density at radius 2 is 1.43 bits per heavy atom. The van der Waals surface area contributed by atoms with Crippen molar-refractivity contribution in [3.05, 3.63) is 130 Å². The van der Waals surface area contributed by atoms with Gasteiger partial charge in [0, 0.05) is 90.6 Å². The SMILES string of the molecule is CCCC[N+]1=C(/C=C/C(=C/C=C2/N(CCCS(=O)(=O)O)c3ccc4c(S(=O)(=O)O)cc(S(=O)(=O)O)cc4c3C2(C)C)c2ccc(C(=O)NCCCCCC(=O)NCCC(=O)Cc3nnc(S(N)(=O)=O)s3)cn2)C(C)(C)c2c1ccc1ccc(S(=O)(=O)O)cc21. The summed E-state index contributed by atoms with van der Waals surface area (Å²) in [5, 5.41) is 19.2. The molecule has 89 heavy (non-hydrogen) atoms. The van der Waals surface area contributed by atoms with Crippen LogP contribution >= 0.6 is 11.3 Å². The van der Waals surface area contributed by atoms with E-state index in [1.807, 2.05) is 45.1 Å². The maximum atomic E-state index is 13.6. The molecule has 8 rings (SSSR count). The first-order valence-corrected chi connectivity index (χ1v) is 36.3. The second kappa shape index (κ2) is 26.4. The van der Waals surface area contributed by atoms with Crippen LogP contribution in [-0.2, 0) is 77.3 Å². The van der Waals surface area contributed by atoms with Gasteiger partial charge in [0.25, 0.3) is 56.4 Å². The lowest BCUT2D eigenvalue weighted by Gasteiger charge is -2.27. The molecule has 0 bridgehead atoms. The van der Waals surface area contributed by atoms with Gasteiger partial charge in [-0.2, -0.15) is 38.2 Å². The Morgan fingerprint density at radius 1 is 0.719 bits per heavy atom. The molecule has 31 heteroatoms. The first-order chi connectivity index (χ1) is 41.5. The highest BCUT2D eigenvalue weighted by molar-refractivity contribution is 7.91. The molecule has 0 saturated heterocycles. The van der Waals surface area contributed by atoms with Crippen molar-refractivity contribution in [2.75, 3.05) is 36.8 Å². The van der Waals surface area contributed by atoms with Crippen molar-refractivity contribution in [3.8, 4) is 0 Å². The Bertz CT molecular complexity index is 4560. The molecule has 0 saturated carbocycles. The lowest BCUT2D eigenvalue weighted by Crippen LogP contribution is -2.28. The zero-order valence-electron chi connectivity index (χ0n) is 49.0. The van der Waals surface area contributed by atoms with E-state index in [1.54, 1.807) is 49.1 Å². The molecule has 4 aromatic carbocycles. The summed E-state index contributed by atoms with van der Waals surface area (Å²) >= 11 is 0.696. The number of fused-ring (bicyclic) bond motifs is 6. The number of hydrogen-bond donors (Lipinski definition) is 7. The zero-order chi connectivity index (χ0) is 65.2. The number of rotatable bonds is 27. The molecule has 2 aliphatic heterocycles. The number of allylic oxidation sites excluding steroid dienone is 6. The van der Waals surface area contributed by atoms with E-state index in [9.17, 15) is 74.7 Å². The summed E-state index contributed by atoms with van der Waals surface area (Å²) in [6.07, 6.45) is 11.6. The molecule has 0 spiro atoms. The van der Waals surface area contributed by atoms with E-state index in [0.29, 0.717) is 76.8 Å². The van der Waals surface area contributed by atoms with E-state index >= 15 is 0 Å². The fourth-order valence-corrected chi connectivity index (χ4v) is 15.0. The third kappa shape index (κ3) is 15.8. The molecule has 2 amide bonds. The number of carbonyl (C=O) groups is 3. The molecular formula is C58H67N8O17S6+. The molecule has 8 N–H and O–H groups in total. The van der Waals surface area contributed by atoms with Crippen LogP contribution in [0.1, 0.15) is 118 Å². The van der Waals surface area contributed by atoms with Crippen molar-refractivity contribution in [3.63, 3.8) is 0 Å². The third-order valence-electron chi connectivity index (χ3n) is 15.4. The summed E-state index contributed by atoms with van der Waals surface area (Å²) in [5.41, 5.74) is 2.65. The van der Waals surface area contributed by atoms with Crippen LogP contribution in [-0.4, -0.2) is 135 Å². The lowest BCUT2D eigenvalue weighted by molar-refractivity contribution is -0.438. The van der Waals surface area contributed by atoms with Crippen LogP contribution in [0.15, 0.2) is 122 Å². The highest BCUT2D eigenvalue weighted by Crippen LogP contribution is 2.52. The normalized spacial score (nSPS) is 15.8. The number of hydrogen-bond acceptors (Lipinski definition) is 18. The number of nitrogens with one attached hydrogen (secondary N) is 2. The van der Waals surface area contributed by atoms with Gasteiger partial charge in [-0.1, -0.05) is 63.2 Å². The van der Waals surface area contributed by atoms with E-state index in [-0.39, 0.29) is 83.2 Å². The summed E-state index contributed by atoms with van der Waals surface area (Å²) in [5.74, 6) is -1.64. The van der Waals surface area contributed by atoms with E-state index in [4.69, 9.17) is 10.1 Å². The maximum Gasteiger partial charge on any atom is 0.295 e. The number of primary sulfonamides is 1. The van der Waals surface area contributed by atoms with Gasteiger partial charge in [0.1, 0.15) is 22.2 Å². The standard InChI is InChI=1S/C58H66N8O17S6/c1-6-7-28-65-46-21-15-36-13-18-40(87(75,76)77)32-43(36)53(46)57(2,3)49(65)23-16-37(45-20-14-38(35-62-45)55(69)61-26-10-8-9-12-51(68)60-27-25-39(67)31-52-63-64-56(84-52)86(59,73)74)17-24-50-58(4,5)54-44-33-41(88(78,79)80)34-48(89(81,82)83)42(44)19-22-47(54)66(50)29-11-30-85(70,71)72/h13-24,32-35H,6-12,25-31H2,1-5H3,(H7-,59,60,61,68,69,70,71,72,73,74,75,76,77,78,79,80,81,82,83)/p+1. The largest absolute Gasteiger partial charge is 0.356 e. The summed E-state index contributed by atoms with van der Waals surface area (Å²) < 4.78 is 165. The van der Waals surface area contributed by atoms with Crippen LogP contribution in [0, 0.1) is 0 Å². The van der Waals surface area contributed by atoms with Crippen molar-refractivity contribution in [2.45, 2.75) is 122 Å². The molecule has 0 aliphatic carbocycles. The van der Waals surface area contributed by atoms with Gasteiger partial charge in [0.2, 0.25) is 15.9 Å². The van der Waals surface area contributed by atoms with Gasteiger partial charge in [-0.05, 0) is 116 Å². The minimum absolute atomic E-state index is 0.00754. The number of unbranched alkanes of at least 4 members (excludes halogenated alkanes) is 3. The molecule has 476 valence electrons. The van der Waals surface area contributed by atoms with Crippen molar-refractivity contribution in [1.29, 1.82) is 0 Å². The van der Waals surface area contributed by atoms with Gasteiger partial charge in [0.05, 0.1) is 38.6 Å². The smallest absolute Gasteiger partial charge is 0.295 e. The lowest BCUT2D eigenvalue weighted by atomic mass is 9.79. The number of benzene rings is 4. The average Bonchev–Trinajstić information content (AvgIpc) is 1.62. The number of Topliss-reactive ketones (excluding diaryl/α,β-unsaturated/α-hetero) is 1. The number of carbonyl (C=O) groups excluding carboxylic acids is 3. The van der Waals surface area contributed by atoms with Gasteiger partial charge in [0.15, 0.2) is 5.71 Å². The topological polar surface area (TPSA) is 398 Å². The number of ketones is 1. The third-order valence-corrected chi connectivity index (χ3v) is 21.0. The van der Waals surface area contributed by atoms with Gasteiger partial charge < -0.3 is 15.5 Å². The van der Waals surface area contributed by atoms with Crippen LogP contribution < -0.4 is 20.7 Å². The second-order valence-corrected chi connectivity index (χ2v) is 31.1. The predicted molar refractivity (Wildman–Crippen MR) is 334 cm³/mol. The number of pyridine rings is 1. The number of amides is 2. The van der Waals surface area contributed by atoms with Crippen molar-refractivity contribution in [2.24, 2.45) is 5.14 Å². The number of sulfonamides is 1. The van der Waals surface area contributed by atoms with E-state index in [2.05, 4.69) is 25.4 Å².